The normalized spacial score (nSPS) is 12.4. The maximum atomic E-state index is 11.8. The van der Waals surface area contributed by atoms with Gasteiger partial charge in [0.25, 0.3) is 0 Å². The molecule has 0 amide bonds. The number of unbranched alkanes of at least 4 members (excludes halogenated alkanes) is 24. The molecule has 0 heterocycles. The number of likely N-dealkylation sites (N-methyl/N-ethyl adjacent to an activating group) is 1. The molecule has 216 valence electrons. The van der Waals surface area contributed by atoms with Crippen molar-refractivity contribution in [2.75, 3.05) is 13.6 Å². The summed E-state index contributed by atoms with van der Waals surface area (Å²) in [4.78, 5) is 13.9. The molecule has 0 aromatic rings. The fourth-order valence-electron chi connectivity index (χ4n) is 5.42. The molecule has 1 unspecified atom stereocenters. The van der Waals surface area contributed by atoms with Gasteiger partial charge in [-0.2, -0.15) is 0 Å². The van der Waals surface area contributed by atoms with Crippen molar-refractivity contribution in [1.29, 1.82) is 0 Å². The lowest BCUT2D eigenvalue weighted by atomic mass is 10.0. The largest absolute Gasteiger partial charge is 0.480 e. The van der Waals surface area contributed by atoms with Gasteiger partial charge in [0.15, 0.2) is 0 Å². The number of carboxylic acids is 1. The summed E-state index contributed by atoms with van der Waals surface area (Å²) in [6.07, 6.45) is 35.9. The van der Waals surface area contributed by atoms with E-state index in [1.54, 1.807) is 0 Å². The molecule has 0 saturated heterocycles. The number of nitrogens with zero attached hydrogens (tertiary/aromatic N) is 1. The molecule has 3 heteroatoms. The number of rotatable bonds is 30. The second-order valence-corrected chi connectivity index (χ2v) is 11.6. The molecule has 3 nitrogen and oxygen atoms in total. The van der Waals surface area contributed by atoms with Gasteiger partial charge < -0.3 is 5.11 Å². The average Bonchev–Trinajstić information content (AvgIpc) is 2.86. The third-order valence-corrected chi connectivity index (χ3v) is 8.01. The van der Waals surface area contributed by atoms with E-state index >= 15 is 0 Å². The molecular formula is C33H67NO2. The first kappa shape index (κ1) is 35.4. The summed E-state index contributed by atoms with van der Waals surface area (Å²) < 4.78 is 0. The van der Waals surface area contributed by atoms with Gasteiger partial charge in [-0.3, -0.25) is 9.69 Å². The molecule has 0 aromatic carbocycles. The second-order valence-electron chi connectivity index (χ2n) is 11.6. The van der Waals surface area contributed by atoms with Crippen LogP contribution in [0.15, 0.2) is 0 Å². The third kappa shape index (κ3) is 25.1. The summed E-state index contributed by atoms with van der Waals surface area (Å²) in [6.45, 7) is 5.48. The van der Waals surface area contributed by atoms with Crippen LogP contribution in [0.2, 0.25) is 0 Å². The first-order valence-electron chi connectivity index (χ1n) is 16.6. The Balaban J connectivity index is 3.53. The zero-order chi connectivity index (χ0) is 26.5. The maximum absolute atomic E-state index is 11.8. The Labute approximate surface area is 227 Å². The quantitative estimate of drug-likeness (QED) is 0.0978. The number of aliphatic carboxylic acids is 1. The minimum atomic E-state index is -0.634. The number of hydrogen-bond acceptors (Lipinski definition) is 2. The lowest BCUT2D eigenvalue weighted by molar-refractivity contribution is -0.143. The summed E-state index contributed by atoms with van der Waals surface area (Å²) in [7, 11) is 2.01. The van der Waals surface area contributed by atoms with Gasteiger partial charge in [-0.25, -0.2) is 0 Å². The third-order valence-electron chi connectivity index (χ3n) is 8.01. The van der Waals surface area contributed by atoms with Gasteiger partial charge in [0, 0.05) is 0 Å². The van der Waals surface area contributed by atoms with Crippen LogP contribution in [0.5, 0.6) is 0 Å². The highest BCUT2D eigenvalue weighted by molar-refractivity contribution is 5.73. The molecule has 1 N–H and O–H groups in total. The summed E-state index contributed by atoms with van der Waals surface area (Å²) in [6, 6.07) is -0.296. The fourth-order valence-corrected chi connectivity index (χ4v) is 5.42. The molecule has 0 spiro atoms. The molecule has 0 aliphatic carbocycles. The Morgan fingerprint density at radius 2 is 0.778 bits per heavy atom. The van der Waals surface area contributed by atoms with E-state index < -0.39 is 5.97 Å². The molecule has 0 aliphatic heterocycles. The SMILES string of the molecule is CCCCCCCCCCCCCCCCCCC(C(=O)O)N(C)CCCCCCCCCCCC. The van der Waals surface area contributed by atoms with Crippen molar-refractivity contribution in [3.63, 3.8) is 0 Å². The molecular weight excluding hydrogens is 442 g/mol. The molecule has 1 atom stereocenters. The van der Waals surface area contributed by atoms with Crippen molar-refractivity contribution >= 4 is 5.97 Å². The molecule has 36 heavy (non-hydrogen) atoms. The van der Waals surface area contributed by atoms with Gasteiger partial charge >= 0.3 is 5.97 Å². The molecule has 0 fully saturated rings. The first-order valence-corrected chi connectivity index (χ1v) is 16.6. The lowest BCUT2D eigenvalue weighted by Crippen LogP contribution is -2.39. The van der Waals surface area contributed by atoms with Gasteiger partial charge in [-0.15, -0.1) is 0 Å². The van der Waals surface area contributed by atoms with E-state index in [2.05, 4.69) is 18.7 Å². The van der Waals surface area contributed by atoms with Crippen LogP contribution in [0.4, 0.5) is 0 Å². The van der Waals surface area contributed by atoms with Gasteiger partial charge in [0.2, 0.25) is 0 Å². The highest BCUT2D eigenvalue weighted by Crippen LogP contribution is 2.16. The van der Waals surface area contributed by atoms with E-state index in [0.717, 1.165) is 25.8 Å². The van der Waals surface area contributed by atoms with Crippen LogP contribution in [-0.4, -0.2) is 35.6 Å². The van der Waals surface area contributed by atoms with Crippen LogP contribution in [0.3, 0.4) is 0 Å². The monoisotopic (exact) mass is 510 g/mol. The highest BCUT2D eigenvalue weighted by atomic mass is 16.4. The van der Waals surface area contributed by atoms with Crippen molar-refractivity contribution in [2.24, 2.45) is 0 Å². The van der Waals surface area contributed by atoms with Crippen molar-refractivity contribution in [1.82, 2.24) is 4.90 Å². The Bertz CT molecular complexity index is 439. The zero-order valence-corrected chi connectivity index (χ0v) is 25.2. The predicted octanol–water partition coefficient (Wildman–Crippen LogP) is 10.9. The Morgan fingerprint density at radius 3 is 1.08 bits per heavy atom. The zero-order valence-electron chi connectivity index (χ0n) is 25.2. The highest BCUT2D eigenvalue weighted by Gasteiger charge is 2.21. The smallest absolute Gasteiger partial charge is 0.320 e. The summed E-state index contributed by atoms with van der Waals surface area (Å²) >= 11 is 0. The topological polar surface area (TPSA) is 40.5 Å². The van der Waals surface area contributed by atoms with Crippen molar-refractivity contribution < 1.29 is 9.90 Å². The second kappa shape index (κ2) is 29.0. The Hall–Kier alpha value is -0.570. The van der Waals surface area contributed by atoms with Gasteiger partial charge in [-0.1, -0.05) is 174 Å². The van der Waals surface area contributed by atoms with Crippen LogP contribution < -0.4 is 0 Å². The molecule has 0 bridgehead atoms. The minimum Gasteiger partial charge on any atom is -0.480 e. The standard InChI is InChI=1S/C33H67NO2/c1-4-6-8-10-12-14-16-17-18-19-20-21-22-24-26-28-30-32(33(35)36)34(3)31-29-27-25-23-15-13-11-9-7-5-2/h32H,4-31H2,1-3H3,(H,35,36). The van der Waals surface area contributed by atoms with E-state index in [0.29, 0.717) is 0 Å². The Kier molecular flexibility index (Phi) is 28.5. The van der Waals surface area contributed by atoms with Gasteiger partial charge in [0.05, 0.1) is 0 Å². The number of hydrogen-bond donors (Lipinski definition) is 1. The Morgan fingerprint density at radius 1 is 0.500 bits per heavy atom. The van der Waals surface area contributed by atoms with E-state index in [1.807, 2.05) is 7.05 Å². The maximum Gasteiger partial charge on any atom is 0.320 e. The van der Waals surface area contributed by atoms with Crippen molar-refractivity contribution in [2.45, 2.75) is 193 Å². The van der Waals surface area contributed by atoms with Crippen LogP contribution in [0.1, 0.15) is 187 Å². The van der Waals surface area contributed by atoms with E-state index in [4.69, 9.17) is 0 Å². The molecule has 0 aromatic heterocycles. The van der Waals surface area contributed by atoms with Crippen LogP contribution in [0.25, 0.3) is 0 Å². The van der Waals surface area contributed by atoms with E-state index in [9.17, 15) is 9.90 Å². The van der Waals surface area contributed by atoms with Gasteiger partial charge in [0.1, 0.15) is 6.04 Å². The van der Waals surface area contributed by atoms with E-state index in [1.165, 1.54) is 154 Å². The predicted molar refractivity (Wildman–Crippen MR) is 160 cm³/mol. The van der Waals surface area contributed by atoms with Crippen LogP contribution in [0, 0.1) is 0 Å². The van der Waals surface area contributed by atoms with Crippen molar-refractivity contribution in [3.8, 4) is 0 Å². The lowest BCUT2D eigenvalue weighted by Gasteiger charge is -2.24. The fraction of sp³-hybridized carbons (Fsp3) is 0.970. The number of carbonyl (C=O) groups is 1. The van der Waals surface area contributed by atoms with Crippen LogP contribution in [-0.2, 0) is 4.79 Å². The van der Waals surface area contributed by atoms with E-state index in [-0.39, 0.29) is 6.04 Å². The molecule has 0 saturated carbocycles. The first-order chi connectivity index (χ1) is 17.6. The molecule has 0 radical (unpaired) electrons. The molecule has 0 rings (SSSR count). The summed E-state index contributed by atoms with van der Waals surface area (Å²) in [5.74, 6) is -0.634. The van der Waals surface area contributed by atoms with Crippen molar-refractivity contribution in [3.05, 3.63) is 0 Å². The average molecular weight is 510 g/mol. The number of carboxylic acid groups (broad SMARTS) is 1. The summed E-state index contributed by atoms with van der Waals surface area (Å²) in [5, 5.41) is 9.69. The summed E-state index contributed by atoms with van der Waals surface area (Å²) in [5.41, 5.74) is 0. The minimum absolute atomic E-state index is 0.296. The van der Waals surface area contributed by atoms with Gasteiger partial charge in [-0.05, 0) is 26.4 Å². The molecule has 0 aliphatic rings. The van der Waals surface area contributed by atoms with Crippen LogP contribution >= 0.6 is 0 Å².